The van der Waals surface area contributed by atoms with Crippen molar-refractivity contribution < 1.29 is 18.4 Å². The maximum atomic E-state index is 12.7. The first-order valence-corrected chi connectivity index (χ1v) is 8.53. The summed E-state index contributed by atoms with van der Waals surface area (Å²) in [6.45, 7) is 6.27. The molecule has 1 heterocycles. The highest BCUT2D eigenvalue weighted by molar-refractivity contribution is 7.58. The summed E-state index contributed by atoms with van der Waals surface area (Å²) >= 11 is 0. The molecule has 19 heavy (non-hydrogen) atoms. The Morgan fingerprint density at radius 1 is 1.16 bits per heavy atom. The second kappa shape index (κ2) is 7.83. The van der Waals surface area contributed by atoms with Gasteiger partial charge in [0.15, 0.2) is 0 Å². The standard InChI is InChI=1S/C13H24NO4P/c1-4-7-8-9-11-12(10-13(15)14-11)19(16,17-5-2)18-6-3/h4-10H2,1-3H3,(H,14,15). The van der Waals surface area contributed by atoms with Gasteiger partial charge in [0.05, 0.1) is 24.9 Å². The van der Waals surface area contributed by atoms with Crippen molar-refractivity contribution in [2.45, 2.75) is 52.9 Å². The topological polar surface area (TPSA) is 64.6 Å². The van der Waals surface area contributed by atoms with Gasteiger partial charge in [-0.05, 0) is 26.7 Å². The number of nitrogens with one attached hydrogen (secondary N) is 1. The molecule has 0 aromatic rings. The van der Waals surface area contributed by atoms with Crippen LogP contribution >= 0.6 is 7.60 Å². The van der Waals surface area contributed by atoms with E-state index >= 15 is 0 Å². The molecule has 1 N–H and O–H groups in total. The number of carbonyl (C=O) groups is 1. The highest BCUT2D eigenvalue weighted by atomic mass is 31.2. The van der Waals surface area contributed by atoms with Gasteiger partial charge >= 0.3 is 7.60 Å². The molecule has 0 bridgehead atoms. The fraction of sp³-hybridized carbons (Fsp3) is 0.769. The van der Waals surface area contributed by atoms with Crippen LogP contribution in [0.25, 0.3) is 0 Å². The Bertz CT molecular complexity index is 382. The van der Waals surface area contributed by atoms with Crippen LogP contribution in [0.2, 0.25) is 0 Å². The lowest BCUT2D eigenvalue weighted by Crippen LogP contribution is -2.14. The highest BCUT2D eigenvalue weighted by Gasteiger charge is 2.37. The number of hydrogen-bond donors (Lipinski definition) is 1. The lowest BCUT2D eigenvalue weighted by atomic mass is 10.1. The molecule has 1 aliphatic heterocycles. The molecule has 1 rings (SSSR count). The smallest absolute Gasteiger partial charge is 0.329 e. The van der Waals surface area contributed by atoms with Crippen molar-refractivity contribution in [3.8, 4) is 0 Å². The van der Waals surface area contributed by atoms with Crippen molar-refractivity contribution in [3.05, 3.63) is 11.0 Å². The molecule has 6 heteroatoms. The molecule has 110 valence electrons. The SMILES string of the molecule is CCCCCC1=C(P(=O)(OCC)OCC)CC(=O)N1. The first-order valence-electron chi connectivity index (χ1n) is 6.98. The van der Waals surface area contributed by atoms with Crippen molar-refractivity contribution >= 4 is 13.5 Å². The third-order valence-corrected chi connectivity index (χ3v) is 5.21. The summed E-state index contributed by atoms with van der Waals surface area (Å²) in [7, 11) is -3.31. The van der Waals surface area contributed by atoms with E-state index in [-0.39, 0.29) is 12.3 Å². The number of hydrogen-bond acceptors (Lipinski definition) is 4. The van der Waals surface area contributed by atoms with E-state index < -0.39 is 7.60 Å². The zero-order valence-electron chi connectivity index (χ0n) is 12.0. The molecule has 0 aromatic heterocycles. The van der Waals surface area contributed by atoms with Crippen molar-refractivity contribution in [1.29, 1.82) is 0 Å². The second-order valence-electron chi connectivity index (χ2n) is 4.44. The first-order chi connectivity index (χ1) is 9.07. The molecule has 0 saturated heterocycles. The monoisotopic (exact) mass is 289 g/mol. The summed E-state index contributed by atoms with van der Waals surface area (Å²) in [5.74, 6) is -0.124. The van der Waals surface area contributed by atoms with Gasteiger partial charge < -0.3 is 14.4 Å². The average Bonchev–Trinajstić information content (AvgIpc) is 2.72. The largest absolute Gasteiger partial charge is 0.359 e. The first kappa shape index (κ1) is 16.4. The quantitative estimate of drug-likeness (QED) is 0.520. The molecule has 0 aromatic carbocycles. The lowest BCUT2D eigenvalue weighted by molar-refractivity contribution is -0.118. The summed E-state index contributed by atoms with van der Waals surface area (Å²) in [5.41, 5.74) is 0.740. The fourth-order valence-corrected chi connectivity index (χ4v) is 4.00. The summed E-state index contributed by atoms with van der Waals surface area (Å²) in [6.07, 6.45) is 4.00. The highest BCUT2D eigenvalue weighted by Crippen LogP contribution is 2.59. The number of carbonyl (C=O) groups excluding carboxylic acids is 1. The van der Waals surface area contributed by atoms with Crippen LogP contribution in [0.1, 0.15) is 52.9 Å². The van der Waals surface area contributed by atoms with Gasteiger partial charge in [-0.2, -0.15) is 0 Å². The van der Waals surface area contributed by atoms with Crippen LogP contribution in [0, 0.1) is 0 Å². The van der Waals surface area contributed by atoms with Crippen molar-refractivity contribution in [2.24, 2.45) is 0 Å². The van der Waals surface area contributed by atoms with E-state index in [1.807, 2.05) is 0 Å². The Morgan fingerprint density at radius 2 is 1.79 bits per heavy atom. The number of rotatable bonds is 9. The predicted octanol–water partition coefficient (Wildman–Crippen LogP) is 3.56. The molecule has 0 aliphatic carbocycles. The van der Waals surface area contributed by atoms with Crippen molar-refractivity contribution in [2.75, 3.05) is 13.2 Å². The van der Waals surface area contributed by atoms with Gasteiger partial charge in [-0.15, -0.1) is 0 Å². The van der Waals surface area contributed by atoms with E-state index in [1.54, 1.807) is 13.8 Å². The van der Waals surface area contributed by atoms with Crippen LogP contribution in [0.3, 0.4) is 0 Å². The van der Waals surface area contributed by atoms with Gasteiger partial charge in [0.2, 0.25) is 5.91 Å². The molecule has 0 fully saturated rings. The van der Waals surface area contributed by atoms with E-state index in [1.165, 1.54) is 0 Å². The maximum absolute atomic E-state index is 12.7. The minimum atomic E-state index is -3.31. The molecule has 5 nitrogen and oxygen atoms in total. The van der Waals surface area contributed by atoms with Gasteiger partial charge in [-0.1, -0.05) is 19.8 Å². The minimum absolute atomic E-state index is 0.124. The van der Waals surface area contributed by atoms with E-state index in [4.69, 9.17) is 9.05 Å². The summed E-state index contributed by atoms with van der Waals surface area (Å²) in [4.78, 5) is 11.6. The number of allylic oxidation sites excluding steroid dienone is 1. The number of amides is 1. The fourth-order valence-electron chi connectivity index (χ4n) is 2.10. The summed E-state index contributed by atoms with van der Waals surface area (Å²) in [5, 5.41) is 3.32. The Hall–Kier alpha value is -0.640. The zero-order chi connectivity index (χ0) is 14.3. The van der Waals surface area contributed by atoms with E-state index in [2.05, 4.69) is 12.2 Å². The predicted molar refractivity (Wildman–Crippen MR) is 74.8 cm³/mol. The van der Waals surface area contributed by atoms with Crippen molar-refractivity contribution in [1.82, 2.24) is 5.32 Å². The molecule has 0 atom stereocenters. The van der Waals surface area contributed by atoms with Crippen LogP contribution in [0.5, 0.6) is 0 Å². The van der Waals surface area contributed by atoms with Crippen LogP contribution < -0.4 is 5.32 Å². The Labute approximate surface area is 115 Å². The minimum Gasteiger partial charge on any atom is -0.329 e. The third kappa shape index (κ3) is 4.44. The van der Waals surface area contributed by atoms with Gasteiger partial charge in [0, 0.05) is 5.70 Å². The Morgan fingerprint density at radius 3 is 2.32 bits per heavy atom. The number of unbranched alkanes of at least 4 members (excludes halogenated alkanes) is 2. The molecule has 1 amide bonds. The normalized spacial score (nSPS) is 16.1. The molecule has 0 spiro atoms. The Balaban J connectivity index is 2.91. The average molecular weight is 289 g/mol. The van der Waals surface area contributed by atoms with Crippen molar-refractivity contribution in [3.63, 3.8) is 0 Å². The van der Waals surface area contributed by atoms with E-state index in [0.29, 0.717) is 18.5 Å². The van der Waals surface area contributed by atoms with Gasteiger partial charge in [0.1, 0.15) is 0 Å². The van der Waals surface area contributed by atoms with Gasteiger partial charge in [0.25, 0.3) is 0 Å². The van der Waals surface area contributed by atoms with Crippen LogP contribution in [-0.4, -0.2) is 19.1 Å². The molecular weight excluding hydrogens is 265 g/mol. The summed E-state index contributed by atoms with van der Waals surface area (Å²) in [6, 6.07) is 0. The van der Waals surface area contributed by atoms with Gasteiger partial charge in [-0.3, -0.25) is 9.36 Å². The summed E-state index contributed by atoms with van der Waals surface area (Å²) < 4.78 is 23.4. The van der Waals surface area contributed by atoms with Crippen LogP contribution in [0.4, 0.5) is 0 Å². The molecule has 0 radical (unpaired) electrons. The zero-order valence-corrected chi connectivity index (χ0v) is 12.9. The van der Waals surface area contributed by atoms with Gasteiger partial charge in [-0.25, -0.2) is 0 Å². The molecule has 0 unspecified atom stereocenters. The third-order valence-electron chi connectivity index (χ3n) is 2.93. The molecule has 1 aliphatic rings. The second-order valence-corrected chi connectivity index (χ2v) is 6.49. The van der Waals surface area contributed by atoms with Crippen LogP contribution in [0.15, 0.2) is 11.0 Å². The van der Waals surface area contributed by atoms with E-state index in [0.717, 1.165) is 31.4 Å². The molecule has 0 saturated carbocycles. The molecular formula is C13H24NO4P. The van der Waals surface area contributed by atoms with E-state index in [9.17, 15) is 9.36 Å². The van der Waals surface area contributed by atoms with Crippen LogP contribution in [-0.2, 0) is 18.4 Å². The lowest BCUT2D eigenvalue weighted by Gasteiger charge is -2.18. The Kier molecular flexibility index (Phi) is 6.76. The maximum Gasteiger partial charge on any atom is 0.359 e.